The standard InChI is InChI=1S/C39H58ClN10O11P/c1-6-7-8-9-30(53)60-62(40,42)61-31(54)17-16-28(51)43-20-18-39(4,5)59-21-19-38(2,3)50-29(52)15-14-26(36(57)58)46-34(55)25-12-10-24(11-13-25)22-44-27-23-45-33-32(47-27)35(56)49-37(41)48-33/h10-13,23,26,62H,6-9,14-22,42H2,1-5H3,(H,43,51)(H,44,47)(H,46,55)(H,50,52)(H,57,58)(H3,41,45,48,49,56). The molecule has 1 atom stereocenters. The number of rotatable bonds is 26. The molecule has 3 rings (SSSR count). The Morgan fingerprint density at radius 1 is 0.903 bits per heavy atom. The molecule has 3 aromatic rings. The summed E-state index contributed by atoms with van der Waals surface area (Å²) in [5.41, 5.74) is 11.0. The normalized spacial score (nSPS) is 12.5. The van der Waals surface area contributed by atoms with Crippen LogP contribution in [0.15, 0.2) is 30.5 Å². The van der Waals surface area contributed by atoms with Crippen LogP contribution in [0.5, 0.6) is 5.88 Å². The molecule has 0 aliphatic rings. The fourth-order valence-corrected chi connectivity index (χ4v) is 7.04. The molecule has 23 heteroatoms. The van der Waals surface area contributed by atoms with Gasteiger partial charge in [0.05, 0.1) is 6.20 Å². The van der Waals surface area contributed by atoms with Gasteiger partial charge in [-0.3, -0.25) is 9.59 Å². The molecule has 62 heavy (non-hydrogen) atoms. The first-order chi connectivity index (χ1) is 29.1. The second kappa shape index (κ2) is 23.6. The molecule has 0 saturated heterocycles. The van der Waals surface area contributed by atoms with Crippen molar-refractivity contribution in [2.75, 3.05) is 24.2 Å². The van der Waals surface area contributed by atoms with Crippen LogP contribution in [0, 0.1) is 0 Å². The Morgan fingerprint density at radius 3 is 2.24 bits per heavy atom. The predicted molar refractivity (Wildman–Crippen MR) is 232 cm³/mol. The zero-order valence-corrected chi connectivity index (χ0v) is 37.3. The van der Waals surface area contributed by atoms with Crippen LogP contribution in [0.25, 0.3) is 11.2 Å². The van der Waals surface area contributed by atoms with Crippen LogP contribution in [-0.2, 0) is 44.3 Å². The van der Waals surface area contributed by atoms with Gasteiger partial charge in [-0.15, -0.1) is 0 Å². The summed E-state index contributed by atoms with van der Waals surface area (Å²) in [4.78, 5) is 90.1. The fourth-order valence-electron chi connectivity index (χ4n) is 5.65. The molecule has 0 fully saturated rings. The van der Waals surface area contributed by atoms with E-state index < -0.39 is 65.9 Å². The number of aliphatic carboxylic acids is 1. The number of halogens is 1. The van der Waals surface area contributed by atoms with E-state index in [1.807, 2.05) is 20.8 Å². The number of nitrogens with two attached hydrogens (primary N) is 2. The summed E-state index contributed by atoms with van der Waals surface area (Å²) in [6, 6.07) is 5.08. The van der Waals surface area contributed by atoms with Crippen molar-refractivity contribution < 1.29 is 52.8 Å². The maximum atomic E-state index is 12.9. The van der Waals surface area contributed by atoms with Crippen molar-refractivity contribution in [3.63, 3.8) is 0 Å². The number of carbonyl (C=O) groups is 6. The molecule has 0 aliphatic heterocycles. The summed E-state index contributed by atoms with van der Waals surface area (Å²) >= 11 is 5.94. The number of anilines is 2. The molecule has 0 bridgehead atoms. The molecule has 3 amide bonds. The third-order valence-electron chi connectivity index (χ3n) is 9.15. The van der Waals surface area contributed by atoms with E-state index >= 15 is 0 Å². The molecule has 0 aliphatic carbocycles. The number of hydrogen-bond donors (Lipinski definition) is 8. The zero-order chi connectivity index (χ0) is 46.1. The Labute approximate surface area is 364 Å². The monoisotopic (exact) mass is 908 g/mol. The van der Waals surface area contributed by atoms with Crippen LogP contribution < -0.4 is 32.5 Å². The smallest absolute Gasteiger partial charge is 0.492 e. The van der Waals surface area contributed by atoms with Gasteiger partial charge in [0, 0.05) is 24.1 Å². The predicted octanol–water partition coefficient (Wildman–Crippen LogP) is 3.92. The Kier molecular flexibility index (Phi) is 19.4. The molecule has 342 valence electrons. The minimum atomic E-state index is -4.04. The zero-order valence-electron chi connectivity index (χ0n) is 35.5. The summed E-state index contributed by atoms with van der Waals surface area (Å²) < 4.78 is 15.9. The number of fused-ring (bicyclic) bond motifs is 1. The van der Waals surface area contributed by atoms with E-state index in [0.717, 1.165) is 18.4 Å². The average molecular weight is 909 g/mol. The minimum Gasteiger partial charge on any atom is -0.492 e. The topological polar surface area (TPSA) is 322 Å². The number of nitrogen functional groups attached to an aromatic ring is 1. The van der Waals surface area contributed by atoms with E-state index in [1.54, 1.807) is 26.0 Å². The third-order valence-corrected chi connectivity index (χ3v) is 10.6. The Balaban J connectivity index is 1.34. The molecule has 0 saturated carbocycles. The number of carboxylic acids is 1. The number of benzene rings is 1. The van der Waals surface area contributed by atoms with E-state index in [9.17, 15) is 39.0 Å². The number of hydrogen-bond acceptors (Lipinski definition) is 17. The summed E-state index contributed by atoms with van der Waals surface area (Å²) in [7, 11) is -4.04. The van der Waals surface area contributed by atoms with Crippen molar-refractivity contribution in [2.45, 2.75) is 123 Å². The van der Waals surface area contributed by atoms with E-state index in [1.165, 1.54) is 18.3 Å². The van der Waals surface area contributed by atoms with Gasteiger partial charge in [0.2, 0.25) is 17.7 Å². The second-order valence-corrected chi connectivity index (χ2v) is 18.8. The van der Waals surface area contributed by atoms with Gasteiger partial charge in [-0.1, -0.05) is 12.1 Å². The quantitative estimate of drug-likeness (QED) is 0.0418. The summed E-state index contributed by atoms with van der Waals surface area (Å²) in [6.07, 6.45) is 3.87. The first-order valence-electron chi connectivity index (χ1n) is 20.1. The van der Waals surface area contributed by atoms with Crippen molar-refractivity contribution in [1.82, 2.24) is 35.9 Å². The number of nitrogens with zero attached hydrogens (tertiary/aromatic N) is 4. The van der Waals surface area contributed by atoms with Gasteiger partial charge in [0.15, 0.2) is 11.2 Å². The molecule has 1 aromatic carbocycles. The number of nitrogens with one attached hydrogen (secondary N) is 4. The minimum absolute atomic E-state index is 0.0718. The van der Waals surface area contributed by atoms with Gasteiger partial charge in [-0.05, 0) is 38.0 Å². The number of amides is 3. The maximum absolute atomic E-state index is 12.9. The molecule has 21 nitrogen and oxygen atoms in total. The summed E-state index contributed by atoms with van der Waals surface area (Å²) in [5, 5.41) is 30.9. The van der Waals surface area contributed by atoms with E-state index in [0.29, 0.717) is 25.1 Å². The molecule has 10 N–H and O–H groups in total. The SMILES string of the molecule is CCCCCC(=O)O[PH](N)(Cl)OC(=O)CCC(=O)NCCC(C)(C)OCCC(C)(C)NC(=O)CCC(NC(=O)c1ccc(CNc2cnc3nc(N)nc(O)c3n2)cc1)C(=O)O. The van der Waals surface area contributed by atoms with Gasteiger partial charge in [0.25, 0.3) is 5.91 Å². The van der Waals surface area contributed by atoms with E-state index in [4.69, 9.17) is 36.3 Å². The third kappa shape index (κ3) is 18.6. The second-order valence-electron chi connectivity index (χ2n) is 15.7. The Hall–Kier alpha value is -5.50. The van der Waals surface area contributed by atoms with Crippen LogP contribution in [0.3, 0.4) is 0 Å². The van der Waals surface area contributed by atoms with E-state index in [2.05, 4.69) is 41.2 Å². The van der Waals surface area contributed by atoms with Crippen LogP contribution in [0.2, 0.25) is 0 Å². The summed E-state index contributed by atoms with van der Waals surface area (Å²) in [5.74, 6) is -4.45. The number of aromatic nitrogens is 4. The Bertz CT molecular complexity index is 2040. The van der Waals surface area contributed by atoms with Gasteiger partial charge < -0.3 is 31.9 Å². The van der Waals surface area contributed by atoms with Gasteiger partial charge >= 0.3 is 172 Å². The van der Waals surface area contributed by atoms with Gasteiger partial charge in [-0.25, -0.2) is 14.8 Å². The average Bonchev–Trinajstić information content (AvgIpc) is 3.17. The van der Waals surface area contributed by atoms with Crippen LogP contribution in [-0.4, -0.2) is 96.1 Å². The first kappa shape index (κ1) is 50.9. The van der Waals surface area contributed by atoms with Gasteiger partial charge in [-0.2, -0.15) is 9.97 Å². The van der Waals surface area contributed by atoms with Crippen LogP contribution in [0.1, 0.15) is 115 Å². The van der Waals surface area contributed by atoms with Gasteiger partial charge in [0.1, 0.15) is 11.9 Å². The molecule has 2 aromatic heterocycles. The molecule has 2 heterocycles. The number of unbranched alkanes of at least 4 members (excludes halogenated alkanes) is 2. The molecule has 1 unspecified atom stereocenters. The molecule has 0 radical (unpaired) electrons. The van der Waals surface area contributed by atoms with Crippen molar-refractivity contribution >= 4 is 77.0 Å². The first-order valence-corrected chi connectivity index (χ1v) is 23.0. The number of aromatic hydroxyl groups is 1. The summed E-state index contributed by atoms with van der Waals surface area (Å²) in [6.45, 7) is 10.0. The van der Waals surface area contributed by atoms with E-state index in [-0.39, 0.29) is 74.5 Å². The molecular weight excluding hydrogens is 851 g/mol. The van der Waals surface area contributed by atoms with Crippen molar-refractivity contribution in [3.05, 3.63) is 41.6 Å². The number of carboxylic acid groups (broad SMARTS) is 1. The molecule has 0 spiro atoms. The fraction of sp³-hybridized carbons (Fsp3) is 0.538. The van der Waals surface area contributed by atoms with Crippen molar-refractivity contribution in [3.8, 4) is 5.88 Å². The van der Waals surface area contributed by atoms with Crippen LogP contribution >= 0.6 is 18.5 Å². The number of ether oxygens (including phenoxy) is 1. The Morgan fingerprint density at radius 2 is 1.58 bits per heavy atom. The van der Waals surface area contributed by atoms with Crippen molar-refractivity contribution in [2.24, 2.45) is 5.50 Å². The molecular formula is C39H58ClN10O11P. The van der Waals surface area contributed by atoms with Crippen LogP contribution in [0.4, 0.5) is 11.8 Å². The van der Waals surface area contributed by atoms with Crippen molar-refractivity contribution in [1.29, 1.82) is 0 Å². The number of carbonyl (C=O) groups excluding carboxylic acids is 5.